The molecule has 0 spiro atoms. The van der Waals surface area contributed by atoms with Gasteiger partial charge in [-0.3, -0.25) is 10.1 Å². The lowest BCUT2D eigenvalue weighted by Gasteiger charge is -2.22. The molecule has 3 rings (SSSR count). The van der Waals surface area contributed by atoms with E-state index >= 15 is 0 Å². The molecule has 7 nitrogen and oxygen atoms in total. The van der Waals surface area contributed by atoms with Crippen LogP contribution in [0.4, 0.5) is 23.0 Å². The van der Waals surface area contributed by atoms with Crippen LogP contribution in [-0.2, 0) is 6.42 Å². The molecule has 0 amide bonds. The molecule has 2 aromatic heterocycles. The highest BCUT2D eigenvalue weighted by Crippen LogP contribution is 2.35. The van der Waals surface area contributed by atoms with Crippen LogP contribution >= 0.6 is 11.3 Å². The van der Waals surface area contributed by atoms with Crippen LogP contribution in [0.5, 0.6) is 0 Å². The lowest BCUT2D eigenvalue weighted by molar-refractivity contribution is -0.383. The molecule has 8 heteroatoms. The zero-order valence-corrected chi connectivity index (χ0v) is 16.1. The summed E-state index contributed by atoms with van der Waals surface area (Å²) in [6.07, 6.45) is 2.15. The number of nitro groups is 1. The van der Waals surface area contributed by atoms with E-state index in [9.17, 15) is 10.1 Å². The molecule has 140 valence electrons. The van der Waals surface area contributed by atoms with E-state index in [2.05, 4.69) is 15.3 Å². The molecule has 0 unspecified atom stereocenters. The van der Waals surface area contributed by atoms with Crippen LogP contribution in [-0.4, -0.2) is 28.0 Å². The number of nitrogens with one attached hydrogen (secondary N) is 1. The number of hydrogen-bond acceptors (Lipinski definition) is 7. The molecule has 27 heavy (non-hydrogen) atoms. The smallest absolute Gasteiger partial charge is 0.353 e. The second-order valence-electron chi connectivity index (χ2n) is 5.99. The van der Waals surface area contributed by atoms with Crippen molar-refractivity contribution in [2.45, 2.75) is 20.3 Å². The van der Waals surface area contributed by atoms with Crippen molar-refractivity contribution in [3.8, 4) is 0 Å². The van der Waals surface area contributed by atoms with Gasteiger partial charge < -0.3 is 10.2 Å². The maximum Gasteiger partial charge on any atom is 0.353 e. The van der Waals surface area contributed by atoms with E-state index in [1.165, 1.54) is 11.2 Å². The Bertz CT molecular complexity index is 914. The van der Waals surface area contributed by atoms with Crippen molar-refractivity contribution < 1.29 is 4.92 Å². The van der Waals surface area contributed by atoms with Gasteiger partial charge in [-0.05, 0) is 49.4 Å². The van der Waals surface area contributed by atoms with E-state index in [0.717, 1.165) is 17.7 Å². The Morgan fingerprint density at radius 1 is 1.26 bits per heavy atom. The molecular weight excluding hydrogens is 362 g/mol. The van der Waals surface area contributed by atoms with Crippen LogP contribution in [0.3, 0.4) is 0 Å². The third kappa shape index (κ3) is 4.40. The van der Waals surface area contributed by atoms with Gasteiger partial charge in [-0.1, -0.05) is 18.2 Å². The van der Waals surface area contributed by atoms with Gasteiger partial charge in [-0.15, -0.1) is 11.3 Å². The molecular formula is C19H21N5O2S. The molecule has 0 fully saturated rings. The van der Waals surface area contributed by atoms with Gasteiger partial charge in [0.1, 0.15) is 6.33 Å². The van der Waals surface area contributed by atoms with Crippen molar-refractivity contribution in [1.29, 1.82) is 0 Å². The van der Waals surface area contributed by atoms with Crippen molar-refractivity contribution >= 4 is 34.3 Å². The molecule has 2 heterocycles. The van der Waals surface area contributed by atoms with Crippen LogP contribution in [0.15, 0.2) is 48.1 Å². The second-order valence-corrected chi connectivity index (χ2v) is 7.02. The fourth-order valence-electron chi connectivity index (χ4n) is 2.87. The normalized spacial score (nSPS) is 10.6. The van der Waals surface area contributed by atoms with Gasteiger partial charge in [0, 0.05) is 23.7 Å². The van der Waals surface area contributed by atoms with E-state index in [1.807, 2.05) is 60.5 Å². The topological polar surface area (TPSA) is 84.2 Å². The standard InChI is InChI=1S/C19H21N5O2S/c1-3-23(15-7-4-6-14(2)12-15)19-17(24(25)26)18(21-13-22-19)20-10-9-16-8-5-11-27-16/h4-8,11-13H,3,9-10H2,1-2H3,(H,20,21,22). The van der Waals surface area contributed by atoms with Gasteiger partial charge in [0.05, 0.1) is 4.92 Å². The van der Waals surface area contributed by atoms with Gasteiger partial charge in [0.2, 0.25) is 11.6 Å². The Morgan fingerprint density at radius 2 is 2.11 bits per heavy atom. The maximum atomic E-state index is 11.8. The summed E-state index contributed by atoms with van der Waals surface area (Å²) < 4.78 is 0. The Balaban J connectivity index is 1.91. The van der Waals surface area contributed by atoms with Crippen LogP contribution in [0.2, 0.25) is 0 Å². The van der Waals surface area contributed by atoms with E-state index in [1.54, 1.807) is 11.3 Å². The highest BCUT2D eigenvalue weighted by molar-refractivity contribution is 7.09. The zero-order chi connectivity index (χ0) is 19.2. The van der Waals surface area contributed by atoms with Crippen LogP contribution in [0.1, 0.15) is 17.4 Å². The van der Waals surface area contributed by atoms with Gasteiger partial charge in [-0.25, -0.2) is 9.97 Å². The number of thiophene rings is 1. The summed E-state index contributed by atoms with van der Waals surface area (Å²) in [6, 6.07) is 11.9. The fraction of sp³-hybridized carbons (Fsp3) is 0.263. The fourth-order valence-corrected chi connectivity index (χ4v) is 3.58. The summed E-state index contributed by atoms with van der Waals surface area (Å²) in [5.41, 5.74) is 1.84. The van der Waals surface area contributed by atoms with Gasteiger partial charge >= 0.3 is 5.69 Å². The van der Waals surface area contributed by atoms with E-state index < -0.39 is 4.92 Å². The molecule has 0 saturated heterocycles. The van der Waals surface area contributed by atoms with E-state index in [4.69, 9.17) is 0 Å². The molecule has 0 bridgehead atoms. The minimum absolute atomic E-state index is 0.105. The highest BCUT2D eigenvalue weighted by Gasteiger charge is 2.27. The minimum Gasteiger partial charge on any atom is -0.364 e. The number of nitrogens with zero attached hydrogens (tertiary/aromatic N) is 4. The SMILES string of the molecule is CCN(c1cccc(C)c1)c1ncnc(NCCc2cccs2)c1[N+](=O)[O-]. The molecule has 3 aromatic rings. The first-order valence-corrected chi connectivity index (χ1v) is 9.58. The lowest BCUT2D eigenvalue weighted by atomic mass is 10.2. The Hall–Kier alpha value is -3.00. The first kappa shape index (κ1) is 18.8. The van der Waals surface area contributed by atoms with Crippen molar-refractivity contribution in [2.24, 2.45) is 0 Å². The van der Waals surface area contributed by atoms with E-state index in [-0.39, 0.29) is 11.5 Å². The molecule has 0 aliphatic rings. The predicted octanol–water partition coefficient (Wildman–Crippen LogP) is 4.57. The molecule has 0 atom stereocenters. The summed E-state index contributed by atoms with van der Waals surface area (Å²) in [5.74, 6) is 0.536. The third-order valence-corrected chi connectivity index (χ3v) is 5.05. The maximum absolute atomic E-state index is 11.8. The first-order chi connectivity index (χ1) is 13.1. The number of anilines is 3. The average Bonchev–Trinajstić information content (AvgIpc) is 3.16. The summed E-state index contributed by atoms with van der Waals surface area (Å²) in [6.45, 7) is 5.05. The second kappa shape index (κ2) is 8.59. The van der Waals surface area contributed by atoms with Gasteiger partial charge in [0.25, 0.3) is 0 Å². The number of aromatic nitrogens is 2. The largest absolute Gasteiger partial charge is 0.364 e. The van der Waals surface area contributed by atoms with Gasteiger partial charge in [-0.2, -0.15) is 0 Å². The monoisotopic (exact) mass is 383 g/mol. The quantitative estimate of drug-likeness (QED) is 0.453. The summed E-state index contributed by atoms with van der Waals surface area (Å²) in [5, 5.41) is 16.9. The molecule has 0 saturated carbocycles. The highest BCUT2D eigenvalue weighted by atomic mass is 32.1. The van der Waals surface area contributed by atoms with Gasteiger partial charge in [0.15, 0.2) is 0 Å². The zero-order valence-electron chi connectivity index (χ0n) is 15.3. The molecule has 0 aliphatic carbocycles. The first-order valence-electron chi connectivity index (χ1n) is 8.70. The molecule has 0 radical (unpaired) electrons. The minimum atomic E-state index is -0.415. The van der Waals surface area contributed by atoms with Crippen molar-refractivity contribution in [3.05, 3.63) is 68.7 Å². The number of rotatable bonds is 8. The predicted molar refractivity (Wildman–Crippen MR) is 109 cm³/mol. The number of benzene rings is 1. The summed E-state index contributed by atoms with van der Waals surface area (Å²) >= 11 is 1.66. The van der Waals surface area contributed by atoms with E-state index in [0.29, 0.717) is 18.9 Å². The summed E-state index contributed by atoms with van der Waals surface area (Å²) in [4.78, 5) is 22.8. The summed E-state index contributed by atoms with van der Waals surface area (Å²) in [7, 11) is 0. The average molecular weight is 383 g/mol. The molecule has 1 N–H and O–H groups in total. The Labute approximate surface area is 161 Å². The molecule has 1 aromatic carbocycles. The molecule has 0 aliphatic heterocycles. The lowest BCUT2D eigenvalue weighted by Crippen LogP contribution is -2.20. The van der Waals surface area contributed by atoms with Crippen molar-refractivity contribution in [1.82, 2.24) is 9.97 Å². The third-order valence-electron chi connectivity index (χ3n) is 4.11. The Kier molecular flexibility index (Phi) is 5.97. The van der Waals surface area contributed by atoms with Crippen LogP contribution in [0, 0.1) is 17.0 Å². The Morgan fingerprint density at radius 3 is 2.78 bits per heavy atom. The number of aryl methyl sites for hydroxylation is 1. The number of hydrogen-bond donors (Lipinski definition) is 1. The van der Waals surface area contributed by atoms with Crippen LogP contribution in [0.25, 0.3) is 0 Å². The van der Waals surface area contributed by atoms with Crippen molar-refractivity contribution in [2.75, 3.05) is 23.3 Å². The van der Waals surface area contributed by atoms with Crippen molar-refractivity contribution in [3.63, 3.8) is 0 Å². The van der Waals surface area contributed by atoms with Crippen LogP contribution < -0.4 is 10.2 Å².